The number of rotatable bonds is 1. The maximum absolute atomic E-state index is 12.1. The van der Waals surface area contributed by atoms with Crippen LogP contribution in [-0.4, -0.2) is 15.4 Å². The van der Waals surface area contributed by atoms with Gasteiger partial charge in [0.05, 0.1) is 17.3 Å². The van der Waals surface area contributed by atoms with Gasteiger partial charge in [0, 0.05) is 11.6 Å². The van der Waals surface area contributed by atoms with Crippen molar-refractivity contribution in [3.05, 3.63) is 36.2 Å². The molecule has 0 atom stereocenters. The van der Waals surface area contributed by atoms with Gasteiger partial charge in [-0.25, -0.2) is 4.52 Å². The zero-order chi connectivity index (χ0) is 11.1. The molecule has 0 saturated carbocycles. The quantitative estimate of drug-likeness (QED) is 0.666. The van der Waals surface area contributed by atoms with Gasteiger partial charge in [-0.05, 0) is 12.1 Å². The van der Waals surface area contributed by atoms with E-state index < -0.39 is 0 Å². The van der Waals surface area contributed by atoms with E-state index in [0.29, 0.717) is 5.56 Å². The van der Waals surface area contributed by atoms with E-state index in [1.165, 1.54) is 0 Å². The molecule has 0 bridgehead atoms. The molecule has 2 aromatic heterocycles. The second-order valence-electron chi connectivity index (χ2n) is 4.67. The number of Topliss-reactive ketones (excluding diaryl/α,β-unsaturated/α-hetero) is 1. The summed E-state index contributed by atoms with van der Waals surface area (Å²) >= 11 is 0. The van der Waals surface area contributed by atoms with Crippen molar-refractivity contribution >= 4 is 11.3 Å². The average Bonchev–Trinajstić information content (AvgIpc) is 2.58. The van der Waals surface area contributed by atoms with Crippen LogP contribution in [0.3, 0.4) is 0 Å². The van der Waals surface area contributed by atoms with Crippen molar-refractivity contribution in [2.24, 2.45) is 5.41 Å². The summed E-state index contributed by atoms with van der Waals surface area (Å²) in [6.07, 6.45) is 3.48. The second kappa shape index (κ2) is 3.19. The van der Waals surface area contributed by atoms with Crippen LogP contribution in [0.1, 0.15) is 31.1 Å². The predicted octanol–water partition coefficient (Wildman–Crippen LogP) is 2.56. The lowest BCUT2D eigenvalue weighted by molar-refractivity contribution is 0.0860. The number of carbonyl (C=O) groups is 1. The minimum Gasteiger partial charge on any atom is -0.293 e. The molecule has 0 fully saturated rings. The van der Waals surface area contributed by atoms with E-state index in [-0.39, 0.29) is 11.2 Å². The molecule has 0 amide bonds. The summed E-state index contributed by atoms with van der Waals surface area (Å²) in [5.74, 6) is 0.128. The van der Waals surface area contributed by atoms with Gasteiger partial charge < -0.3 is 0 Å². The predicted molar refractivity (Wildman–Crippen MR) is 59.0 cm³/mol. The van der Waals surface area contributed by atoms with E-state index in [1.807, 2.05) is 45.2 Å². The van der Waals surface area contributed by atoms with Crippen LogP contribution in [0, 0.1) is 5.41 Å². The number of ketones is 1. The molecule has 0 spiro atoms. The van der Waals surface area contributed by atoms with Gasteiger partial charge in [-0.1, -0.05) is 26.8 Å². The lowest BCUT2D eigenvalue weighted by Crippen LogP contribution is -2.19. The Morgan fingerprint density at radius 2 is 2.07 bits per heavy atom. The molecule has 0 N–H and O–H groups in total. The van der Waals surface area contributed by atoms with Crippen LogP contribution in [-0.2, 0) is 0 Å². The molecule has 0 aromatic carbocycles. The standard InChI is InChI=1S/C12H14N2O/c1-12(2,3)11(15)9-8-13-14-7-5-4-6-10(9)14/h4-8H,1-3H3. The van der Waals surface area contributed by atoms with Gasteiger partial charge in [0.1, 0.15) is 0 Å². The molecule has 3 heteroatoms. The van der Waals surface area contributed by atoms with E-state index in [9.17, 15) is 4.79 Å². The van der Waals surface area contributed by atoms with Crippen molar-refractivity contribution in [3.8, 4) is 0 Å². The molecule has 0 saturated heterocycles. The van der Waals surface area contributed by atoms with Crippen LogP contribution in [0.15, 0.2) is 30.6 Å². The van der Waals surface area contributed by atoms with Gasteiger partial charge in [-0.3, -0.25) is 4.79 Å². The fourth-order valence-corrected chi connectivity index (χ4v) is 1.51. The zero-order valence-corrected chi connectivity index (χ0v) is 9.19. The molecule has 0 aliphatic carbocycles. The largest absolute Gasteiger partial charge is 0.293 e. The summed E-state index contributed by atoms with van der Waals surface area (Å²) in [6, 6.07) is 5.72. The SMILES string of the molecule is CC(C)(C)C(=O)c1cnn2ccccc12. The smallest absolute Gasteiger partial charge is 0.171 e. The number of nitrogens with zero attached hydrogens (tertiary/aromatic N) is 2. The first kappa shape index (κ1) is 9.90. The Balaban J connectivity index is 2.58. The summed E-state index contributed by atoms with van der Waals surface area (Å²) in [5.41, 5.74) is 1.21. The molecule has 78 valence electrons. The molecule has 0 aliphatic heterocycles. The zero-order valence-electron chi connectivity index (χ0n) is 9.19. The first-order valence-corrected chi connectivity index (χ1v) is 4.97. The first-order valence-electron chi connectivity index (χ1n) is 4.97. The third kappa shape index (κ3) is 1.65. The van der Waals surface area contributed by atoms with Gasteiger partial charge >= 0.3 is 0 Å². The van der Waals surface area contributed by atoms with Gasteiger partial charge in [-0.15, -0.1) is 0 Å². The summed E-state index contributed by atoms with van der Waals surface area (Å²) < 4.78 is 1.72. The van der Waals surface area contributed by atoms with Crippen LogP contribution < -0.4 is 0 Å². The maximum Gasteiger partial charge on any atom is 0.171 e. The van der Waals surface area contributed by atoms with Crippen molar-refractivity contribution < 1.29 is 4.79 Å². The minimum atomic E-state index is -0.362. The maximum atomic E-state index is 12.1. The lowest BCUT2D eigenvalue weighted by Gasteiger charge is -2.15. The van der Waals surface area contributed by atoms with Crippen molar-refractivity contribution in [2.75, 3.05) is 0 Å². The average molecular weight is 202 g/mol. The number of hydrogen-bond donors (Lipinski definition) is 0. The summed E-state index contributed by atoms with van der Waals surface area (Å²) in [6.45, 7) is 5.76. The van der Waals surface area contributed by atoms with E-state index >= 15 is 0 Å². The van der Waals surface area contributed by atoms with Crippen LogP contribution in [0.2, 0.25) is 0 Å². The number of hydrogen-bond acceptors (Lipinski definition) is 2. The van der Waals surface area contributed by atoms with E-state index in [0.717, 1.165) is 5.52 Å². The molecular weight excluding hydrogens is 188 g/mol. The Morgan fingerprint density at radius 3 is 2.73 bits per heavy atom. The highest BCUT2D eigenvalue weighted by atomic mass is 16.1. The van der Waals surface area contributed by atoms with E-state index in [2.05, 4.69) is 5.10 Å². The summed E-state index contributed by atoms with van der Waals surface area (Å²) in [5, 5.41) is 4.15. The van der Waals surface area contributed by atoms with Crippen molar-refractivity contribution in [3.63, 3.8) is 0 Å². The molecule has 2 rings (SSSR count). The molecule has 0 unspecified atom stereocenters. The third-order valence-electron chi connectivity index (χ3n) is 2.35. The van der Waals surface area contributed by atoms with Crippen LogP contribution in [0.5, 0.6) is 0 Å². The molecule has 2 heterocycles. The van der Waals surface area contributed by atoms with E-state index in [4.69, 9.17) is 0 Å². The molecule has 15 heavy (non-hydrogen) atoms. The van der Waals surface area contributed by atoms with Crippen molar-refractivity contribution in [1.29, 1.82) is 0 Å². The van der Waals surface area contributed by atoms with E-state index in [1.54, 1.807) is 10.7 Å². The Bertz CT molecular complexity index is 506. The van der Waals surface area contributed by atoms with Crippen LogP contribution in [0.25, 0.3) is 5.52 Å². The number of fused-ring (bicyclic) bond motifs is 1. The Hall–Kier alpha value is -1.64. The van der Waals surface area contributed by atoms with Crippen LogP contribution in [0.4, 0.5) is 0 Å². The Morgan fingerprint density at radius 1 is 1.33 bits per heavy atom. The van der Waals surface area contributed by atoms with Crippen molar-refractivity contribution in [1.82, 2.24) is 9.61 Å². The highest BCUT2D eigenvalue weighted by Gasteiger charge is 2.25. The highest BCUT2D eigenvalue weighted by Crippen LogP contribution is 2.23. The Labute approximate surface area is 88.7 Å². The molecular formula is C12H14N2O. The highest BCUT2D eigenvalue weighted by molar-refractivity contribution is 6.05. The fourth-order valence-electron chi connectivity index (χ4n) is 1.51. The van der Waals surface area contributed by atoms with Gasteiger partial charge in [0.25, 0.3) is 0 Å². The number of carbonyl (C=O) groups excluding carboxylic acids is 1. The third-order valence-corrected chi connectivity index (χ3v) is 2.35. The topological polar surface area (TPSA) is 34.4 Å². The van der Waals surface area contributed by atoms with Gasteiger partial charge in [0.2, 0.25) is 0 Å². The fraction of sp³-hybridized carbons (Fsp3) is 0.333. The molecule has 0 radical (unpaired) electrons. The monoisotopic (exact) mass is 202 g/mol. The lowest BCUT2D eigenvalue weighted by atomic mass is 9.87. The number of aromatic nitrogens is 2. The molecule has 2 aromatic rings. The molecule has 3 nitrogen and oxygen atoms in total. The second-order valence-corrected chi connectivity index (χ2v) is 4.67. The Kier molecular flexibility index (Phi) is 2.11. The van der Waals surface area contributed by atoms with Crippen molar-refractivity contribution in [2.45, 2.75) is 20.8 Å². The van der Waals surface area contributed by atoms with Crippen LogP contribution >= 0.6 is 0 Å². The minimum absolute atomic E-state index is 0.128. The van der Waals surface area contributed by atoms with Gasteiger partial charge in [-0.2, -0.15) is 5.10 Å². The molecule has 0 aliphatic rings. The first-order chi connectivity index (χ1) is 7.00. The number of pyridine rings is 1. The van der Waals surface area contributed by atoms with Gasteiger partial charge in [0.15, 0.2) is 5.78 Å². The summed E-state index contributed by atoms with van der Waals surface area (Å²) in [4.78, 5) is 12.1. The summed E-state index contributed by atoms with van der Waals surface area (Å²) in [7, 11) is 0. The normalized spacial score (nSPS) is 11.9.